The van der Waals surface area contributed by atoms with Crippen molar-refractivity contribution in [2.75, 3.05) is 6.54 Å². The summed E-state index contributed by atoms with van der Waals surface area (Å²) in [6.07, 6.45) is 0.768. The Morgan fingerprint density at radius 1 is 1.00 bits per heavy atom. The number of pyridine rings is 1. The van der Waals surface area contributed by atoms with Gasteiger partial charge in [0.1, 0.15) is 0 Å². The fraction of sp³-hybridized carbons (Fsp3) is 0.391. The average molecular weight is 492 g/mol. The molecule has 0 saturated heterocycles. The van der Waals surface area contributed by atoms with E-state index >= 15 is 0 Å². The number of benzene rings is 1. The molecule has 1 aromatic heterocycles. The minimum Gasteiger partial charge on any atom is -0.431 e. The molecule has 0 fully saturated rings. The van der Waals surface area contributed by atoms with E-state index in [-0.39, 0.29) is 34.3 Å². The van der Waals surface area contributed by atoms with E-state index in [1.54, 1.807) is 26.0 Å². The fourth-order valence-corrected chi connectivity index (χ4v) is 3.72. The van der Waals surface area contributed by atoms with Gasteiger partial charge in [-0.15, -0.1) is 0 Å². The van der Waals surface area contributed by atoms with Crippen LogP contribution in [-0.4, -0.2) is 44.0 Å². The molecule has 2 N–H and O–H groups in total. The molecule has 184 valence electrons. The lowest BCUT2D eigenvalue weighted by Crippen LogP contribution is -2.30. The second-order valence-electron chi connectivity index (χ2n) is 8.18. The van der Waals surface area contributed by atoms with Crippen molar-refractivity contribution < 1.29 is 32.3 Å². The van der Waals surface area contributed by atoms with Crippen LogP contribution in [0.1, 0.15) is 50.0 Å². The molecule has 0 unspecified atom stereocenters. The maximum Gasteiger partial charge on any atom is 0.515 e. The quantitative estimate of drug-likeness (QED) is 0.484. The van der Waals surface area contributed by atoms with E-state index in [9.17, 15) is 22.8 Å². The van der Waals surface area contributed by atoms with Gasteiger partial charge in [-0.2, -0.15) is 0 Å². The zero-order valence-electron chi connectivity index (χ0n) is 19.5. The zero-order valence-corrected chi connectivity index (χ0v) is 20.3. The lowest BCUT2D eigenvalue weighted by molar-refractivity contribution is -0.121. The third-order valence-electron chi connectivity index (χ3n) is 4.31. The number of nitrogens with zero attached hydrogens (tertiary/aromatic N) is 1. The maximum atomic E-state index is 12.6. The molecular weight excluding hydrogens is 462 g/mol. The van der Waals surface area contributed by atoms with E-state index in [4.69, 9.17) is 9.47 Å². The predicted octanol–water partition coefficient (Wildman–Crippen LogP) is 2.83. The lowest BCUT2D eigenvalue weighted by Gasteiger charge is -2.10. The van der Waals surface area contributed by atoms with Gasteiger partial charge in [-0.1, -0.05) is 26.0 Å². The summed E-state index contributed by atoms with van der Waals surface area (Å²) in [6.45, 7) is 7.68. The molecule has 1 aromatic carbocycles. The monoisotopic (exact) mass is 491 g/mol. The first-order valence-corrected chi connectivity index (χ1v) is 12.2. The smallest absolute Gasteiger partial charge is 0.431 e. The van der Waals surface area contributed by atoms with Crippen molar-refractivity contribution in [3.63, 3.8) is 0 Å². The third kappa shape index (κ3) is 8.81. The van der Waals surface area contributed by atoms with Crippen LogP contribution in [0.2, 0.25) is 0 Å². The molecule has 0 atom stereocenters. The number of sulfonamides is 1. The van der Waals surface area contributed by atoms with Crippen LogP contribution in [0.25, 0.3) is 0 Å². The summed E-state index contributed by atoms with van der Waals surface area (Å²) in [5.74, 6) is -0.737. The molecule has 2 aromatic rings. The van der Waals surface area contributed by atoms with Gasteiger partial charge in [-0.05, 0) is 49.9 Å². The number of nitrogens with one attached hydrogen (secondary N) is 2. The van der Waals surface area contributed by atoms with Crippen molar-refractivity contribution in [3.05, 3.63) is 53.7 Å². The van der Waals surface area contributed by atoms with Crippen LogP contribution in [0.3, 0.4) is 0 Å². The third-order valence-corrected chi connectivity index (χ3v) is 5.66. The van der Waals surface area contributed by atoms with Crippen molar-refractivity contribution in [3.8, 4) is 5.88 Å². The number of amides is 2. The minimum absolute atomic E-state index is 0.0264. The van der Waals surface area contributed by atoms with Crippen LogP contribution >= 0.6 is 0 Å². The number of hydrogen-bond acceptors (Lipinski definition) is 8. The summed E-state index contributed by atoms with van der Waals surface area (Å²) in [5, 5.41) is 2.82. The fourth-order valence-electron chi connectivity index (χ4n) is 2.74. The summed E-state index contributed by atoms with van der Waals surface area (Å²) in [7, 11) is -4.12. The van der Waals surface area contributed by atoms with E-state index < -0.39 is 22.1 Å². The lowest BCUT2D eigenvalue weighted by atomic mass is 10.1. The molecule has 0 aliphatic heterocycles. The molecule has 0 spiro atoms. The van der Waals surface area contributed by atoms with E-state index in [0.29, 0.717) is 19.4 Å². The molecule has 1 heterocycles. The zero-order chi connectivity index (χ0) is 25.3. The number of hydrogen-bond donors (Lipinski definition) is 2. The van der Waals surface area contributed by atoms with Gasteiger partial charge in [0.2, 0.25) is 11.8 Å². The molecule has 0 radical (unpaired) electrons. The van der Waals surface area contributed by atoms with E-state index in [1.165, 1.54) is 24.3 Å². The molecule has 0 saturated carbocycles. The standard InChI is InChI=1S/C23H29N3O7S/c1-15(2)13-20(27)24-12-11-17-5-8-19(9-6-17)34(30,31)26-22(28)18-7-10-21(25-14-18)33-23(29)32-16(3)4/h5-10,14-16H,11-13H2,1-4H3,(H,24,27)(H,26,28). The van der Waals surface area contributed by atoms with Crippen LogP contribution in [0.15, 0.2) is 47.5 Å². The summed E-state index contributed by atoms with van der Waals surface area (Å²) < 4.78 is 36.8. The van der Waals surface area contributed by atoms with Crippen LogP contribution in [0.4, 0.5) is 4.79 Å². The number of ether oxygens (including phenoxy) is 2. The maximum absolute atomic E-state index is 12.6. The molecule has 11 heteroatoms. The Balaban J connectivity index is 1.93. The van der Waals surface area contributed by atoms with Gasteiger partial charge in [-0.25, -0.2) is 22.9 Å². The molecule has 0 aliphatic rings. The van der Waals surface area contributed by atoms with E-state index in [1.807, 2.05) is 18.6 Å². The summed E-state index contributed by atoms with van der Waals surface area (Å²) >= 11 is 0. The molecule has 2 rings (SSSR count). The Bertz CT molecular complexity index is 1100. The van der Waals surface area contributed by atoms with Crippen molar-refractivity contribution >= 4 is 28.0 Å². The molecule has 2 amide bonds. The summed E-state index contributed by atoms with van der Waals surface area (Å²) in [5.41, 5.74) is 0.799. The second kappa shape index (κ2) is 12.1. The summed E-state index contributed by atoms with van der Waals surface area (Å²) in [6, 6.07) is 8.53. The van der Waals surface area contributed by atoms with Gasteiger partial charge in [0.25, 0.3) is 15.9 Å². The molecule has 0 aliphatic carbocycles. The topological polar surface area (TPSA) is 141 Å². The Hall–Kier alpha value is -3.47. The van der Waals surface area contributed by atoms with Gasteiger partial charge >= 0.3 is 6.16 Å². The van der Waals surface area contributed by atoms with Gasteiger partial charge in [0.05, 0.1) is 16.6 Å². The Kier molecular flexibility index (Phi) is 9.55. The van der Waals surface area contributed by atoms with Gasteiger partial charge < -0.3 is 14.8 Å². The number of carbonyl (C=O) groups excluding carboxylic acids is 3. The van der Waals surface area contributed by atoms with Crippen molar-refractivity contribution in [2.24, 2.45) is 5.92 Å². The highest BCUT2D eigenvalue weighted by Crippen LogP contribution is 2.13. The van der Waals surface area contributed by atoms with E-state index in [0.717, 1.165) is 11.8 Å². The van der Waals surface area contributed by atoms with Crippen molar-refractivity contribution in [2.45, 2.75) is 51.5 Å². The summed E-state index contributed by atoms with van der Waals surface area (Å²) in [4.78, 5) is 39.2. The first kappa shape index (κ1) is 26.8. The van der Waals surface area contributed by atoms with Crippen LogP contribution in [0, 0.1) is 5.92 Å². The Morgan fingerprint density at radius 3 is 2.24 bits per heavy atom. The normalized spacial score (nSPS) is 11.2. The second-order valence-corrected chi connectivity index (χ2v) is 9.86. The van der Waals surface area contributed by atoms with Crippen molar-refractivity contribution in [1.29, 1.82) is 0 Å². The molecule has 34 heavy (non-hydrogen) atoms. The van der Waals surface area contributed by atoms with Gasteiger partial charge in [0.15, 0.2) is 0 Å². The number of carbonyl (C=O) groups is 3. The van der Waals surface area contributed by atoms with Crippen molar-refractivity contribution in [1.82, 2.24) is 15.0 Å². The highest BCUT2D eigenvalue weighted by Gasteiger charge is 2.19. The number of aromatic nitrogens is 1. The predicted molar refractivity (Wildman–Crippen MR) is 124 cm³/mol. The largest absolute Gasteiger partial charge is 0.515 e. The van der Waals surface area contributed by atoms with Crippen LogP contribution < -0.4 is 14.8 Å². The molecule has 0 bridgehead atoms. The Morgan fingerprint density at radius 2 is 1.68 bits per heavy atom. The first-order chi connectivity index (χ1) is 16.0. The molecular formula is C23H29N3O7S. The van der Waals surface area contributed by atoms with Crippen LogP contribution in [-0.2, 0) is 26.0 Å². The highest BCUT2D eigenvalue weighted by atomic mass is 32.2. The highest BCUT2D eigenvalue weighted by molar-refractivity contribution is 7.90. The molecule has 10 nitrogen and oxygen atoms in total. The minimum atomic E-state index is -4.12. The SMILES string of the molecule is CC(C)CC(=O)NCCc1ccc(S(=O)(=O)NC(=O)c2ccc(OC(=O)OC(C)C)nc2)cc1. The van der Waals surface area contributed by atoms with E-state index in [2.05, 4.69) is 10.3 Å². The number of rotatable bonds is 10. The first-order valence-electron chi connectivity index (χ1n) is 10.7. The Labute approximate surface area is 199 Å². The van der Waals surface area contributed by atoms with Crippen LogP contribution in [0.5, 0.6) is 5.88 Å². The average Bonchev–Trinajstić information content (AvgIpc) is 2.73. The van der Waals surface area contributed by atoms with Gasteiger partial charge in [-0.3, -0.25) is 9.59 Å². The van der Waals surface area contributed by atoms with Gasteiger partial charge in [0, 0.05) is 25.2 Å².